The average molecular weight is 257 g/mol. The van der Waals surface area contributed by atoms with E-state index in [4.69, 9.17) is 0 Å². The van der Waals surface area contributed by atoms with E-state index in [1.807, 2.05) is 13.8 Å². The zero-order valence-corrected chi connectivity index (χ0v) is 11.2. The molecule has 0 saturated carbocycles. The minimum atomic E-state index is -0.822. The number of aliphatic hydroxyl groups is 1. The van der Waals surface area contributed by atoms with Gasteiger partial charge < -0.3 is 15.7 Å². The summed E-state index contributed by atoms with van der Waals surface area (Å²) >= 11 is 1.38. The van der Waals surface area contributed by atoms with Crippen LogP contribution in [0.25, 0.3) is 0 Å². The summed E-state index contributed by atoms with van der Waals surface area (Å²) in [6.45, 7) is 4.06. The number of carbonyl (C=O) groups excluding carboxylic acids is 1. The number of hydrogen-bond donors (Lipinski definition) is 3. The molecular weight excluding hydrogens is 238 g/mol. The minimum Gasteiger partial charge on any atom is -0.388 e. The summed E-state index contributed by atoms with van der Waals surface area (Å²) < 4.78 is 0. The highest BCUT2D eigenvalue weighted by atomic mass is 32.1. The van der Waals surface area contributed by atoms with Gasteiger partial charge >= 0.3 is 0 Å². The van der Waals surface area contributed by atoms with Crippen LogP contribution in [0.5, 0.6) is 0 Å². The Kier molecular flexibility index (Phi) is 4.89. The van der Waals surface area contributed by atoms with Gasteiger partial charge in [0, 0.05) is 19.0 Å². The molecule has 1 amide bonds. The number of thiazole rings is 1. The molecule has 0 bridgehead atoms. The fourth-order valence-electron chi connectivity index (χ4n) is 1.33. The van der Waals surface area contributed by atoms with Crippen LogP contribution in [-0.4, -0.2) is 35.2 Å². The summed E-state index contributed by atoms with van der Waals surface area (Å²) in [5.74, 6) is -0.247. The second-order valence-corrected chi connectivity index (χ2v) is 4.76. The molecule has 1 rings (SSSR count). The number of carbonyl (C=O) groups is 1. The third kappa shape index (κ3) is 3.67. The van der Waals surface area contributed by atoms with E-state index in [2.05, 4.69) is 15.6 Å². The first-order valence-electron chi connectivity index (χ1n) is 5.68. The van der Waals surface area contributed by atoms with E-state index in [0.717, 1.165) is 0 Å². The number of nitrogens with zero attached hydrogens (tertiary/aromatic N) is 1. The predicted molar refractivity (Wildman–Crippen MR) is 69.5 cm³/mol. The van der Waals surface area contributed by atoms with E-state index in [0.29, 0.717) is 23.7 Å². The third-order valence-corrected chi connectivity index (χ3v) is 3.70. The number of amides is 1. The molecular formula is C11H19N3O2S. The standard InChI is InChI=1S/C11H19N3O2S/c1-4-11(16,5-2)7-13-9(15)8-6-17-10(12-3)14-8/h6,16H,4-5,7H2,1-3H3,(H,12,14)(H,13,15). The maximum absolute atomic E-state index is 11.7. The average Bonchev–Trinajstić information content (AvgIpc) is 2.84. The SMILES string of the molecule is CCC(O)(CC)CNC(=O)c1csc(NC)n1. The summed E-state index contributed by atoms with van der Waals surface area (Å²) in [5.41, 5.74) is -0.439. The van der Waals surface area contributed by atoms with Crippen molar-refractivity contribution < 1.29 is 9.90 Å². The highest BCUT2D eigenvalue weighted by Gasteiger charge is 2.23. The summed E-state index contributed by atoms with van der Waals surface area (Å²) in [4.78, 5) is 15.8. The molecule has 6 heteroatoms. The van der Waals surface area contributed by atoms with E-state index in [1.54, 1.807) is 12.4 Å². The highest BCUT2D eigenvalue weighted by molar-refractivity contribution is 7.13. The Morgan fingerprint density at radius 2 is 2.18 bits per heavy atom. The van der Waals surface area contributed by atoms with Gasteiger partial charge in [0.05, 0.1) is 5.60 Å². The number of nitrogens with one attached hydrogen (secondary N) is 2. The van der Waals surface area contributed by atoms with Crippen molar-refractivity contribution in [3.05, 3.63) is 11.1 Å². The smallest absolute Gasteiger partial charge is 0.270 e. The Balaban J connectivity index is 2.55. The van der Waals surface area contributed by atoms with Crippen LogP contribution < -0.4 is 10.6 Å². The predicted octanol–water partition coefficient (Wildman–Crippen LogP) is 1.47. The molecule has 0 atom stereocenters. The first-order chi connectivity index (χ1) is 8.04. The molecule has 0 aliphatic carbocycles. The first kappa shape index (κ1) is 13.9. The molecule has 0 spiro atoms. The van der Waals surface area contributed by atoms with E-state index in [9.17, 15) is 9.90 Å². The molecule has 0 aromatic carbocycles. The zero-order valence-electron chi connectivity index (χ0n) is 10.4. The zero-order chi connectivity index (χ0) is 12.9. The topological polar surface area (TPSA) is 74.2 Å². The molecule has 0 saturated heterocycles. The Morgan fingerprint density at radius 3 is 2.65 bits per heavy atom. The molecule has 0 aliphatic rings. The van der Waals surface area contributed by atoms with Crippen molar-refractivity contribution in [3.63, 3.8) is 0 Å². The van der Waals surface area contributed by atoms with Crippen molar-refractivity contribution in [1.29, 1.82) is 0 Å². The maximum Gasteiger partial charge on any atom is 0.270 e. The van der Waals surface area contributed by atoms with E-state index in [1.165, 1.54) is 11.3 Å². The lowest BCUT2D eigenvalue weighted by atomic mass is 9.97. The van der Waals surface area contributed by atoms with E-state index < -0.39 is 5.60 Å². The molecule has 5 nitrogen and oxygen atoms in total. The second kappa shape index (κ2) is 5.97. The summed E-state index contributed by atoms with van der Waals surface area (Å²) in [7, 11) is 1.76. The molecule has 96 valence electrons. The van der Waals surface area contributed by atoms with Crippen LogP contribution in [0.2, 0.25) is 0 Å². The van der Waals surface area contributed by atoms with Crippen molar-refractivity contribution in [2.75, 3.05) is 18.9 Å². The van der Waals surface area contributed by atoms with Crippen LogP contribution in [0.15, 0.2) is 5.38 Å². The van der Waals surface area contributed by atoms with Crippen LogP contribution in [0.1, 0.15) is 37.2 Å². The van der Waals surface area contributed by atoms with E-state index >= 15 is 0 Å². The van der Waals surface area contributed by atoms with Crippen LogP contribution in [0.4, 0.5) is 5.13 Å². The number of aromatic nitrogens is 1. The molecule has 0 radical (unpaired) electrons. The molecule has 1 aromatic rings. The fraction of sp³-hybridized carbons (Fsp3) is 0.636. The van der Waals surface area contributed by atoms with Gasteiger partial charge in [-0.15, -0.1) is 11.3 Å². The van der Waals surface area contributed by atoms with Crippen LogP contribution in [-0.2, 0) is 0 Å². The van der Waals surface area contributed by atoms with Gasteiger partial charge in [-0.1, -0.05) is 13.8 Å². The normalized spacial score (nSPS) is 11.3. The molecule has 0 fully saturated rings. The van der Waals surface area contributed by atoms with Crippen molar-refractivity contribution in [2.24, 2.45) is 0 Å². The fourth-order valence-corrected chi connectivity index (χ4v) is 1.98. The summed E-state index contributed by atoms with van der Waals surface area (Å²) in [5, 5.41) is 18.0. The minimum absolute atomic E-state index is 0.247. The van der Waals surface area contributed by atoms with Crippen LogP contribution in [0.3, 0.4) is 0 Å². The molecule has 17 heavy (non-hydrogen) atoms. The first-order valence-corrected chi connectivity index (χ1v) is 6.56. The maximum atomic E-state index is 11.7. The Bertz CT molecular complexity index is 375. The quantitative estimate of drug-likeness (QED) is 0.721. The van der Waals surface area contributed by atoms with Crippen molar-refractivity contribution >= 4 is 22.4 Å². The summed E-state index contributed by atoms with van der Waals surface area (Å²) in [6.07, 6.45) is 1.23. The molecule has 1 heterocycles. The van der Waals surface area contributed by atoms with Crippen molar-refractivity contribution in [2.45, 2.75) is 32.3 Å². The molecule has 3 N–H and O–H groups in total. The lowest BCUT2D eigenvalue weighted by molar-refractivity contribution is 0.0313. The van der Waals surface area contributed by atoms with Gasteiger partial charge in [0.1, 0.15) is 5.69 Å². The lowest BCUT2D eigenvalue weighted by Gasteiger charge is -2.25. The molecule has 0 aliphatic heterocycles. The van der Waals surface area contributed by atoms with Gasteiger partial charge in [-0.2, -0.15) is 0 Å². The van der Waals surface area contributed by atoms with Gasteiger partial charge in [-0.3, -0.25) is 4.79 Å². The third-order valence-electron chi connectivity index (χ3n) is 2.84. The Labute approximate surface area is 105 Å². The molecule has 1 aromatic heterocycles. The highest BCUT2D eigenvalue weighted by Crippen LogP contribution is 2.16. The lowest BCUT2D eigenvalue weighted by Crippen LogP contribution is -2.42. The van der Waals surface area contributed by atoms with Crippen molar-refractivity contribution in [1.82, 2.24) is 10.3 Å². The van der Waals surface area contributed by atoms with Gasteiger partial charge in [0.2, 0.25) is 0 Å². The number of hydrogen-bond acceptors (Lipinski definition) is 5. The monoisotopic (exact) mass is 257 g/mol. The Morgan fingerprint density at radius 1 is 1.53 bits per heavy atom. The number of anilines is 1. The van der Waals surface area contributed by atoms with Gasteiger partial charge in [0.15, 0.2) is 5.13 Å². The van der Waals surface area contributed by atoms with Gasteiger partial charge in [0.25, 0.3) is 5.91 Å². The second-order valence-electron chi connectivity index (χ2n) is 3.90. The largest absolute Gasteiger partial charge is 0.388 e. The van der Waals surface area contributed by atoms with Gasteiger partial charge in [-0.25, -0.2) is 4.98 Å². The van der Waals surface area contributed by atoms with Crippen LogP contribution >= 0.6 is 11.3 Å². The van der Waals surface area contributed by atoms with E-state index in [-0.39, 0.29) is 12.5 Å². The number of rotatable bonds is 6. The molecule has 0 unspecified atom stereocenters. The van der Waals surface area contributed by atoms with Crippen LogP contribution in [0, 0.1) is 0 Å². The summed E-state index contributed by atoms with van der Waals surface area (Å²) in [6, 6.07) is 0. The van der Waals surface area contributed by atoms with Crippen molar-refractivity contribution in [3.8, 4) is 0 Å². The van der Waals surface area contributed by atoms with Gasteiger partial charge in [-0.05, 0) is 12.8 Å². The Hall–Kier alpha value is -1.14.